The molecule has 0 atom stereocenters. The van der Waals surface area contributed by atoms with Crippen LogP contribution in [0, 0.1) is 0 Å². The summed E-state index contributed by atoms with van der Waals surface area (Å²) >= 11 is 0. The van der Waals surface area contributed by atoms with Gasteiger partial charge in [-0.05, 0) is 18.4 Å². The number of rotatable bonds is 1. The predicted octanol–water partition coefficient (Wildman–Crippen LogP) is 1.90. The Balaban J connectivity index is 2.26. The number of aryl methyl sites for hydroxylation is 1. The Morgan fingerprint density at radius 2 is 2.14 bits per heavy atom. The minimum absolute atomic E-state index is 0.373. The van der Waals surface area contributed by atoms with Gasteiger partial charge in [0.1, 0.15) is 0 Å². The summed E-state index contributed by atoms with van der Waals surface area (Å²) in [5, 5.41) is 3.83. The first-order valence-electron chi connectivity index (χ1n) is 4.60. The lowest BCUT2D eigenvalue weighted by molar-refractivity contribution is -0.140. The molecule has 0 fully saturated rings. The van der Waals surface area contributed by atoms with Gasteiger partial charge in [0, 0.05) is 12.5 Å². The molecule has 1 aromatic carbocycles. The quantitative estimate of drug-likeness (QED) is 0.500. The van der Waals surface area contributed by atoms with E-state index < -0.39 is 0 Å². The van der Waals surface area contributed by atoms with Crippen LogP contribution in [0.5, 0.6) is 0 Å². The summed E-state index contributed by atoms with van der Waals surface area (Å²) in [6, 6.07) is 8.05. The maximum Gasteiger partial charge on any atom is 0.331 e. The van der Waals surface area contributed by atoms with Crippen molar-refractivity contribution in [3.05, 3.63) is 35.4 Å². The number of carbonyl (C=O) groups is 1. The summed E-state index contributed by atoms with van der Waals surface area (Å²) in [5.41, 5.74) is 3.25. The number of fused-ring (bicyclic) bond motifs is 1. The zero-order chi connectivity index (χ0) is 9.97. The van der Waals surface area contributed by atoms with Gasteiger partial charge in [-0.25, -0.2) is 4.79 Å². The minimum atomic E-state index is -0.373. The molecule has 0 aromatic heterocycles. The third kappa shape index (κ3) is 1.66. The van der Waals surface area contributed by atoms with Crippen LogP contribution in [-0.2, 0) is 16.1 Å². The summed E-state index contributed by atoms with van der Waals surface area (Å²) in [4.78, 5) is 15.2. The predicted molar refractivity (Wildman–Crippen MR) is 53.1 cm³/mol. The van der Waals surface area contributed by atoms with Crippen LogP contribution in [0.15, 0.2) is 29.4 Å². The van der Waals surface area contributed by atoms with Crippen molar-refractivity contribution in [2.75, 3.05) is 0 Å². The van der Waals surface area contributed by atoms with Gasteiger partial charge in [-0.15, -0.1) is 0 Å². The van der Waals surface area contributed by atoms with Crippen molar-refractivity contribution in [1.29, 1.82) is 0 Å². The number of hydrogen-bond donors (Lipinski definition) is 0. The topological polar surface area (TPSA) is 38.7 Å². The van der Waals surface area contributed by atoms with Crippen molar-refractivity contribution in [2.24, 2.45) is 5.16 Å². The first kappa shape index (κ1) is 8.94. The highest BCUT2D eigenvalue weighted by molar-refractivity contribution is 6.04. The molecule has 1 aromatic rings. The Hall–Kier alpha value is -1.64. The highest BCUT2D eigenvalue weighted by Crippen LogP contribution is 2.21. The lowest BCUT2D eigenvalue weighted by Gasteiger charge is -1.97. The second kappa shape index (κ2) is 3.62. The molecule has 0 heterocycles. The molecule has 0 radical (unpaired) electrons. The number of nitrogens with zero attached hydrogens (tertiary/aromatic N) is 1. The van der Waals surface area contributed by atoms with E-state index in [0.717, 1.165) is 24.1 Å². The molecule has 2 rings (SSSR count). The second-order valence-corrected chi connectivity index (χ2v) is 3.28. The molecule has 0 bridgehead atoms. The minimum Gasteiger partial charge on any atom is -0.318 e. The zero-order valence-corrected chi connectivity index (χ0v) is 7.99. The highest BCUT2D eigenvalue weighted by atomic mass is 16.7. The number of carbonyl (C=O) groups excluding carboxylic acids is 1. The fourth-order valence-corrected chi connectivity index (χ4v) is 1.62. The van der Waals surface area contributed by atoms with Crippen LogP contribution in [0.3, 0.4) is 0 Å². The number of oxime groups is 1. The van der Waals surface area contributed by atoms with E-state index in [4.69, 9.17) is 0 Å². The molecule has 3 heteroatoms. The summed E-state index contributed by atoms with van der Waals surface area (Å²) in [7, 11) is 0. The fourth-order valence-electron chi connectivity index (χ4n) is 1.62. The molecule has 1 aliphatic rings. The van der Waals surface area contributed by atoms with Gasteiger partial charge in [-0.3, -0.25) is 0 Å². The maximum absolute atomic E-state index is 10.6. The third-order valence-electron chi connectivity index (χ3n) is 2.24. The van der Waals surface area contributed by atoms with Gasteiger partial charge in [-0.1, -0.05) is 29.4 Å². The second-order valence-electron chi connectivity index (χ2n) is 3.28. The first-order valence-corrected chi connectivity index (χ1v) is 4.60. The van der Waals surface area contributed by atoms with Crippen molar-refractivity contribution in [3.63, 3.8) is 0 Å². The largest absolute Gasteiger partial charge is 0.331 e. The molecule has 0 amide bonds. The van der Waals surface area contributed by atoms with Crippen molar-refractivity contribution >= 4 is 11.7 Å². The lowest BCUT2D eigenvalue weighted by atomic mass is 10.1. The van der Waals surface area contributed by atoms with E-state index in [2.05, 4.69) is 16.1 Å². The Kier molecular flexibility index (Phi) is 2.31. The molecule has 0 unspecified atom stereocenters. The number of benzene rings is 1. The van der Waals surface area contributed by atoms with Gasteiger partial charge in [0.25, 0.3) is 0 Å². The van der Waals surface area contributed by atoms with Gasteiger partial charge >= 0.3 is 5.97 Å². The molecule has 0 N–H and O–H groups in total. The van der Waals surface area contributed by atoms with Crippen LogP contribution in [-0.4, -0.2) is 11.7 Å². The summed E-state index contributed by atoms with van der Waals surface area (Å²) in [6.07, 6.45) is 1.84. The highest BCUT2D eigenvalue weighted by Gasteiger charge is 2.17. The molecular formula is C11H11NO2. The van der Waals surface area contributed by atoms with Crippen molar-refractivity contribution < 1.29 is 9.63 Å². The van der Waals surface area contributed by atoms with E-state index in [9.17, 15) is 4.79 Å². The van der Waals surface area contributed by atoms with Crippen LogP contribution in [0.25, 0.3) is 0 Å². The van der Waals surface area contributed by atoms with Gasteiger partial charge in [-0.2, -0.15) is 0 Å². The van der Waals surface area contributed by atoms with Gasteiger partial charge < -0.3 is 4.84 Å². The Bertz CT molecular complexity index is 396. The van der Waals surface area contributed by atoms with E-state index >= 15 is 0 Å². The summed E-state index contributed by atoms with van der Waals surface area (Å²) in [6.45, 7) is 1.35. The van der Waals surface area contributed by atoms with E-state index in [0.29, 0.717) is 0 Å². The molecule has 0 aliphatic heterocycles. The molecule has 0 spiro atoms. The SMILES string of the molecule is CC(=O)O/N=C1/CCc2ccccc21. The van der Waals surface area contributed by atoms with Crippen molar-refractivity contribution in [1.82, 2.24) is 0 Å². The van der Waals surface area contributed by atoms with E-state index in [-0.39, 0.29) is 5.97 Å². The van der Waals surface area contributed by atoms with Gasteiger partial charge in [0.05, 0.1) is 5.71 Å². The lowest BCUT2D eigenvalue weighted by Crippen LogP contribution is -1.99. The average molecular weight is 189 g/mol. The van der Waals surface area contributed by atoms with Gasteiger partial charge in [0.15, 0.2) is 0 Å². The van der Waals surface area contributed by atoms with Crippen LogP contribution in [0.1, 0.15) is 24.5 Å². The average Bonchev–Trinajstić information content (AvgIpc) is 2.58. The van der Waals surface area contributed by atoms with Crippen LogP contribution in [0.2, 0.25) is 0 Å². The fraction of sp³-hybridized carbons (Fsp3) is 0.273. The van der Waals surface area contributed by atoms with Crippen LogP contribution >= 0.6 is 0 Å². The molecule has 14 heavy (non-hydrogen) atoms. The summed E-state index contributed by atoms with van der Waals surface area (Å²) in [5.74, 6) is -0.373. The number of hydrogen-bond acceptors (Lipinski definition) is 3. The molecule has 72 valence electrons. The normalized spacial score (nSPS) is 16.8. The zero-order valence-electron chi connectivity index (χ0n) is 7.99. The van der Waals surface area contributed by atoms with Crippen LogP contribution < -0.4 is 0 Å². The van der Waals surface area contributed by atoms with Crippen molar-refractivity contribution in [2.45, 2.75) is 19.8 Å². The Labute approximate surface area is 82.4 Å². The third-order valence-corrected chi connectivity index (χ3v) is 2.24. The molecule has 0 saturated carbocycles. The molecular weight excluding hydrogens is 178 g/mol. The Morgan fingerprint density at radius 3 is 2.93 bits per heavy atom. The standard InChI is InChI=1S/C11H11NO2/c1-8(13)14-12-11-7-6-9-4-2-3-5-10(9)11/h2-5H,6-7H2,1H3/b12-11-. The first-order chi connectivity index (χ1) is 6.77. The molecule has 0 saturated heterocycles. The molecule has 3 nitrogen and oxygen atoms in total. The Morgan fingerprint density at radius 1 is 1.36 bits per heavy atom. The maximum atomic E-state index is 10.6. The van der Waals surface area contributed by atoms with E-state index in [1.54, 1.807) is 0 Å². The molecule has 1 aliphatic carbocycles. The monoisotopic (exact) mass is 189 g/mol. The summed E-state index contributed by atoms with van der Waals surface area (Å²) < 4.78 is 0. The van der Waals surface area contributed by atoms with E-state index in [1.165, 1.54) is 12.5 Å². The van der Waals surface area contributed by atoms with E-state index in [1.807, 2.05) is 18.2 Å². The van der Waals surface area contributed by atoms with Gasteiger partial charge in [0.2, 0.25) is 0 Å². The van der Waals surface area contributed by atoms with Crippen molar-refractivity contribution in [3.8, 4) is 0 Å². The smallest absolute Gasteiger partial charge is 0.318 e. The van der Waals surface area contributed by atoms with Crippen LogP contribution in [0.4, 0.5) is 0 Å².